The molecule has 0 radical (unpaired) electrons. The minimum Gasteiger partial charge on any atom is -0.457 e. The standard InChI is InChI=1S/C28H28N8O3.C4H10/c1-3-13-35-17-18-16-32-27(34-25(18)36(28(35)38)21-6-4-5-19(29)14-21)33-20-7-9-22(10-8-20)39-23-11-12-31-24(15-23)26(37)30-2;1-3-4-2/h4-12,14-16H,3,13,17,29H2,1-2H3,(H,30,37)(H,32,33,34);3-4H2,1-2H3. The molecule has 4 aromatic rings. The number of fused-ring (bicyclic) bond motifs is 1. The normalized spacial score (nSPS) is 12.1. The zero-order valence-electron chi connectivity index (χ0n) is 25.0. The van der Waals surface area contributed by atoms with E-state index in [0.29, 0.717) is 47.7 Å². The number of amides is 3. The third-order valence-electron chi connectivity index (χ3n) is 6.54. The van der Waals surface area contributed by atoms with Crippen LogP contribution in [0.1, 0.15) is 56.1 Å². The number of nitrogens with zero attached hydrogens (tertiary/aromatic N) is 5. The molecule has 4 N–H and O–H groups in total. The molecule has 11 nitrogen and oxygen atoms in total. The summed E-state index contributed by atoms with van der Waals surface area (Å²) in [6, 6.07) is 17.5. The van der Waals surface area contributed by atoms with Crippen molar-refractivity contribution in [3.05, 3.63) is 84.3 Å². The fraction of sp³-hybridized carbons (Fsp3) is 0.281. The van der Waals surface area contributed by atoms with E-state index in [1.807, 2.05) is 31.2 Å². The third kappa shape index (κ3) is 7.76. The molecule has 0 atom stereocenters. The number of carbonyl (C=O) groups excluding carboxylic acids is 2. The molecule has 43 heavy (non-hydrogen) atoms. The number of carbonyl (C=O) groups is 2. The highest BCUT2D eigenvalue weighted by Crippen LogP contribution is 2.35. The lowest BCUT2D eigenvalue weighted by atomic mass is 10.1. The fourth-order valence-electron chi connectivity index (χ4n) is 4.21. The maximum Gasteiger partial charge on any atom is 0.330 e. The molecule has 0 saturated heterocycles. The summed E-state index contributed by atoms with van der Waals surface area (Å²) in [5.41, 5.74) is 9.05. The summed E-state index contributed by atoms with van der Waals surface area (Å²) in [4.78, 5) is 41.8. The summed E-state index contributed by atoms with van der Waals surface area (Å²) in [7, 11) is 1.55. The van der Waals surface area contributed by atoms with E-state index in [2.05, 4.69) is 34.4 Å². The molecule has 0 aliphatic carbocycles. The molecule has 1 aliphatic heterocycles. The molecule has 0 saturated carbocycles. The van der Waals surface area contributed by atoms with Crippen LogP contribution < -0.4 is 26.0 Å². The zero-order valence-corrected chi connectivity index (χ0v) is 25.0. The van der Waals surface area contributed by atoms with E-state index < -0.39 is 0 Å². The third-order valence-corrected chi connectivity index (χ3v) is 6.54. The minimum atomic E-state index is -0.292. The van der Waals surface area contributed by atoms with Crippen LogP contribution in [0.2, 0.25) is 0 Å². The van der Waals surface area contributed by atoms with Crippen LogP contribution in [0.3, 0.4) is 0 Å². The van der Waals surface area contributed by atoms with Crippen molar-refractivity contribution in [2.24, 2.45) is 0 Å². The number of nitrogen functional groups attached to an aromatic ring is 1. The van der Waals surface area contributed by atoms with Gasteiger partial charge in [-0.1, -0.05) is 39.7 Å². The molecule has 3 amide bonds. The second-order valence-electron chi connectivity index (χ2n) is 9.88. The predicted molar refractivity (Wildman–Crippen MR) is 169 cm³/mol. The summed E-state index contributed by atoms with van der Waals surface area (Å²) in [5.74, 6) is 1.64. The molecule has 11 heteroatoms. The Bertz CT molecular complexity index is 1540. The first-order valence-corrected chi connectivity index (χ1v) is 14.4. The van der Waals surface area contributed by atoms with Gasteiger partial charge in [0.25, 0.3) is 5.91 Å². The number of nitrogens with two attached hydrogens (primary N) is 1. The largest absolute Gasteiger partial charge is 0.457 e. The van der Waals surface area contributed by atoms with Crippen molar-refractivity contribution >= 4 is 40.8 Å². The van der Waals surface area contributed by atoms with Crippen LogP contribution in [0.5, 0.6) is 11.5 Å². The van der Waals surface area contributed by atoms with E-state index in [4.69, 9.17) is 15.5 Å². The SMILES string of the molecule is CCCC.CCCN1Cc2cnc(Nc3ccc(Oc4ccnc(C(=O)NC)c4)cc3)nc2N(c2cccc(N)c2)C1=O. The lowest BCUT2D eigenvalue weighted by molar-refractivity contribution is 0.0957. The first kappa shape index (κ1) is 30.8. The van der Waals surface area contributed by atoms with Gasteiger partial charge in [0, 0.05) is 49.0 Å². The maximum absolute atomic E-state index is 13.4. The van der Waals surface area contributed by atoms with Gasteiger partial charge in [-0.05, 0) is 55.0 Å². The van der Waals surface area contributed by atoms with Gasteiger partial charge in [-0.25, -0.2) is 14.7 Å². The number of unbranched alkanes of at least 4 members (excludes halogenated alkanes) is 1. The van der Waals surface area contributed by atoms with Crippen LogP contribution in [-0.2, 0) is 6.54 Å². The van der Waals surface area contributed by atoms with Crippen molar-refractivity contribution in [3.8, 4) is 11.5 Å². The van der Waals surface area contributed by atoms with Gasteiger partial charge < -0.3 is 26.0 Å². The van der Waals surface area contributed by atoms with Gasteiger partial charge in [0.15, 0.2) is 5.82 Å². The van der Waals surface area contributed by atoms with Crippen molar-refractivity contribution < 1.29 is 14.3 Å². The van der Waals surface area contributed by atoms with Crippen molar-refractivity contribution in [2.45, 2.75) is 46.6 Å². The molecule has 224 valence electrons. The van der Waals surface area contributed by atoms with E-state index >= 15 is 0 Å². The van der Waals surface area contributed by atoms with Gasteiger partial charge in [0.05, 0.1) is 12.2 Å². The Balaban J connectivity index is 0.000000996. The zero-order chi connectivity index (χ0) is 30.8. The molecule has 0 unspecified atom stereocenters. The second kappa shape index (κ2) is 14.6. The Morgan fingerprint density at radius 1 is 0.977 bits per heavy atom. The van der Waals surface area contributed by atoms with Crippen LogP contribution >= 0.6 is 0 Å². The van der Waals surface area contributed by atoms with Crippen LogP contribution in [0.25, 0.3) is 0 Å². The monoisotopic (exact) mass is 582 g/mol. The second-order valence-corrected chi connectivity index (χ2v) is 9.88. The Morgan fingerprint density at radius 2 is 1.74 bits per heavy atom. The Labute approximate surface area is 252 Å². The van der Waals surface area contributed by atoms with Crippen LogP contribution in [0.4, 0.5) is 33.6 Å². The first-order valence-electron chi connectivity index (χ1n) is 14.4. The quantitative estimate of drug-likeness (QED) is 0.187. The number of rotatable bonds is 9. The van der Waals surface area contributed by atoms with Crippen molar-refractivity contribution in [1.82, 2.24) is 25.2 Å². The fourth-order valence-corrected chi connectivity index (χ4v) is 4.21. The first-order chi connectivity index (χ1) is 20.9. The van der Waals surface area contributed by atoms with Crippen molar-refractivity contribution in [1.29, 1.82) is 0 Å². The molecule has 5 rings (SSSR count). The summed E-state index contributed by atoms with van der Waals surface area (Å²) in [6.45, 7) is 7.45. The highest BCUT2D eigenvalue weighted by Gasteiger charge is 2.33. The number of benzene rings is 2. The molecule has 3 heterocycles. The van der Waals surface area contributed by atoms with E-state index in [1.54, 1.807) is 59.4 Å². The van der Waals surface area contributed by atoms with Gasteiger partial charge in [-0.2, -0.15) is 4.98 Å². The average molecular weight is 583 g/mol. The summed E-state index contributed by atoms with van der Waals surface area (Å²) in [5, 5.41) is 5.73. The topological polar surface area (TPSA) is 139 Å². The van der Waals surface area contributed by atoms with Crippen LogP contribution in [0, 0.1) is 0 Å². The lowest BCUT2D eigenvalue weighted by Crippen LogP contribution is -2.45. The summed E-state index contributed by atoms with van der Waals surface area (Å²) >= 11 is 0. The minimum absolute atomic E-state index is 0.156. The number of pyridine rings is 1. The van der Waals surface area contributed by atoms with E-state index in [1.165, 1.54) is 19.0 Å². The molecule has 2 aromatic heterocycles. The number of hydrogen-bond acceptors (Lipinski definition) is 8. The number of ether oxygens (including phenoxy) is 1. The van der Waals surface area contributed by atoms with Gasteiger partial charge in [-0.3, -0.25) is 9.78 Å². The molecule has 0 spiro atoms. The molecular weight excluding hydrogens is 544 g/mol. The molecule has 1 aliphatic rings. The average Bonchev–Trinajstić information content (AvgIpc) is 3.02. The maximum atomic E-state index is 13.4. The molecule has 0 fully saturated rings. The van der Waals surface area contributed by atoms with Crippen LogP contribution in [-0.4, -0.2) is 45.4 Å². The van der Waals surface area contributed by atoms with E-state index in [0.717, 1.165) is 17.7 Å². The highest BCUT2D eigenvalue weighted by atomic mass is 16.5. The Hall–Kier alpha value is -5.19. The smallest absolute Gasteiger partial charge is 0.330 e. The Kier molecular flexibility index (Phi) is 10.5. The molecule has 2 aromatic carbocycles. The van der Waals surface area contributed by atoms with Crippen molar-refractivity contribution in [3.63, 3.8) is 0 Å². The lowest BCUT2D eigenvalue weighted by Gasteiger charge is -2.36. The van der Waals surface area contributed by atoms with Crippen molar-refractivity contribution in [2.75, 3.05) is 29.5 Å². The number of nitrogens with one attached hydrogen (secondary N) is 2. The summed E-state index contributed by atoms with van der Waals surface area (Å²) in [6.07, 6.45) is 6.73. The van der Waals surface area contributed by atoms with Gasteiger partial charge in [0.2, 0.25) is 5.95 Å². The number of urea groups is 1. The number of hydrogen-bond donors (Lipinski definition) is 3. The Morgan fingerprint density at radius 3 is 2.42 bits per heavy atom. The van der Waals surface area contributed by atoms with Crippen LogP contribution in [0.15, 0.2) is 73.1 Å². The molecule has 0 bridgehead atoms. The van der Waals surface area contributed by atoms with Gasteiger partial charge in [0.1, 0.15) is 17.2 Å². The van der Waals surface area contributed by atoms with Gasteiger partial charge >= 0.3 is 6.03 Å². The van der Waals surface area contributed by atoms with E-state index in [9.17, 15) is 9.59 Å². The number of aromatic nitrogens is 3. The molecular formula is C32H38N8O3. The van der Waals surface area contributed by atoms with Gasteiger partial charge in [-0.15, -0.1) is 0 Å². The predicted octanol–water partition coefficient (Wildman–Crippen LogP) is 6.64. The van der Waals surface area contributed by atoms with E-state index in [-0.39, 0.29) is 17.6 Å². The summed E-state index contributed by atoms with van der Waals surface area (Å²) < 4.78 is 5.87. The highest BCUT2D eigenvalue weighted by molar-refractivity contribution is 6.01. The number of anilines is 5.